The van der Waals surface area contributed by atoms with Gasteiger partial charge in [0.2, 0.25) is 0 Å². The number of furan rings is 1. The van der Waals surface area contributed by atoms with E-state index in [9.17, 15) is 18.0 Å². The Morgan fingerprint density at radius 3 is 2.48 bits per heavy atom. The average Bonchev–Trinajstić information content (AvgIpc) is 2.93. The maximum atomic E-state index is 12.0. The first-order valence-corrected chi connectivity index (χ1v) is 6.10. The SMILES string of the molecule is O=C(NCCc1ccc(OC(F)(F)F)cc1)c1ccco1. The summed E-state index contributed by atoms with van der Waals surface area (Å²) in [6.07, 6.45) is -2.81. The molecule has 0 spiro atoms. The Labute approximate surface area is 118 Å². The van der Waals surface area contributed by atoms with E-state index in [-0.39, 0.29) is 17.4 Å². The van der Waals surface area contributed by atoms with Gasteiger partial charge in [0, 0.05) is 6.54 Å². The van der Waals surface area contributed by atoms with Gasteiger partial charge in [-0.1, -0.05) is 12.1 Å². The van der Waals surface area contributed by atoms with E-state index in [1.54, 1.807) is 12.1 Å². The molecule has 7 heteroatoms. The molecular formula is C14H12F3NO3. The van der Waals surface area contributed by atoms with E-state index in [2.05, 4.69) is 10.1 Å². The van der Waals surface area contributed by atoms with Crippen molar-refractivity contribution < 1.29 is 27.1 Å². The van der Waals surface area contributed by atoms with Gasteiger partial charge < -0.3 is 14.5 Å². The van der Waals surface area contributed by atoms with Crippen LogP contribution in [-0.4, -0.2) is 18.8 Å². The van der Waals surface area contributed by atoms with Crippen molar-refractivity contribution in [2.75, 3.05) is 6.54 Å². The minimum absolute atomic E-state index is 0.212. The molecule has 0 atom stereocenters. The second kappa shape index (κ2) is 6.34. The van der Waals surface area contributed by atoms with Crippen molar-refractivity contribution in [2.45, 2.75) is 12.8 Å². The maximum Gasteiger partial charge on any atom is 0.573 e. The molecule has 0 aliphatic rings. The van der Waals surface area contributed by atoms with Gasteiger partial charge >= 0.3 is 6.36 Å². The predicted octanol–water partition coefficient (Wildman–Crippen LogP) is 3.15. The summed E-state index contributed by atoms with van der Waals surface area (Å²) in [5.41, 5.74) is 0.782. The van der Waals surface area contributed by atoms with Gasteiger partial charge in [0.1, 0.15) is 5.75 Å². The summed E-state index contributed by atoms with van der Waals surface area (Å²) in [5, 5.41) is 2.64. The van der Waals surface area contributed by atoms with Crippen LogP contribution in [0.15, 0.2) is 47.1 Å². The van der Waals surface area contributed by atoms with E-state index >= 15 is 0 Å². The summed E-state index contributed by atoms with van der Waals surface area (Å²) in [5.74, 6) is -0.396. The number of carbonyl (C=O) groups excluding carboxylic acids is 1. The number of alkyl halides is 3. The lowest BCUT2D eigenvalue weighted by molar-refractivity contribution is -0.274. The van der Waals surface area contributed by atoms with Crippen LogP contribution in [0.5, 0.6) is 5.75 Å². The molecule has 1 aromatic heterocycles. The van der Waals surface area contributed by atoms with Crippen molar-refractivity contribution in [1.82, 2.24) is 5.32 Å². The number of ether oxygens (including phenoxy) is 1. The molecule has 1 heterocycles. The molecule has 21 heavy (non-hydrogen) atoms. The van der Waals surface area contributed by atoms with Crippen molar-refractivity contribution in [3.63, 3.8) is 0 Å². The number of halogens is 3. The van der Waals surface area contributed by atoms with Crippen LogP contribution >= 0.6 is 0 Å². The molecule has 1 N–H and O–H groups in total. The lowest BCUT2D eigenvalue weighted by Crippen LogP contribution is -2.25. The highest BCUT2D eigenvalue weighted by molar-refractivity contribution is 5.91. The Balaban J connectivity index is 1.80. The highest BCUT2D eigenvalue weighted by atomic mass is 19.4. The zero-order valence-electron chi connectivity index (χ0n) is 10.8. The molecule has 112 valence electrons. The molecule has 2 aromatic rings. The van der Waals surface area contributed by atoms with Crippen LogP contribution < -0.4 is 10.1 Å². The van der Waals surface area contributed by atoms with E-state index in [0.29, 0.717) is 13.0 Å². The average molecular weight is 299 g/mol. The third-order valence-corrected chi connectivity index (χ3v) is 2.60. The molecule has 1 amide bonds. The normalized spacial score (nSPS) is 11.2. The molecule has 0 aliphatic carbocycles. The second-order valence-corrected chi connectivity index (χ2v) is 4.17. The molecule has 4 nitrogen and oxygen atoms in total. The fraction of sp³-hybridized carbons (Fsp3) is 0.214. The lowest BCUT2D eigenvalue weighted by atomic mass is 10.1. The number of carbonyl (C=O) groups is 1. The molecule has 1 aromatic carbocycles. The number of benzene rings is 1. The zero-order valence-corrected chi connectivity index (χ0v) is 10.8. The smallest absolute Gasteiger partial charge is 0.459 e. The Hall–Kier alpha value is -2.44. The molecule has 0 saturated heterocycles. The predicted molar refractivity (Wildman–Crippen MR) is 67.9 cm³/mol. The van der Waals surface area contributed by atoms with Gasteiger partial charge in [-0.15, -0.1) is 13.2 Å². The van der Waals surface area contributed by atoms with Crippen LogP contribution in [0.2, 0.25) is 0 Å². The highest BCUT2D eigenvalue weighted by Crippen LogP contribution is 2.22. The van der Waals surface area contributed by atoms with Gasteiger partial charge in [0.05, 0.1) is 6.26 Å². The summed E-state index contributed by atoms with van der Waals surface area (Å²) in [4.78, 5) is 11.6. The van der Waals surface area contributed by atoms with E-state index < -0.39 is 6.36 Å². The van der Waals surface area contributed by atoms with Crippen LogP contribution in [0.4, 0.5) is 13.2 Å². The van der Waals surface area contributed by atoms with Crippen LogP contribution in [0.25, 0.3) is 0 Å². The maximum absolute atomic E-state index is 12.0. The fourth-order valence-electron chi connectivity index (χ4n) is 1.67. The number of nitrogens with one attached hydrogen (secondary N) is 1. The number of amides is 1. The Kier molecular flexibility index (Phi) is 4.52. The third kappa shape index (κ3) is 4.87. The van der Waals surface area contributed by atoms with Crippen molar-refractivity contribution >= 4 is 5.91 Å². The molecule has 0 bridgehead atoms. The fourth-order valence-corrected chi connectivity index (χ4v) is 1.67. The molecule has 0 radical (unpaired) electrons. The number of hydrogen-bond donors (Lipinski definition) is 1. The molecule has 0 saturated carbocycles. The van der Waals surface area contributed by atoms with Gasteiger partial charge in [-0.2, -0.15) is 0 Å². The van der Waals surface area contributed by atoms with Gasteiger partial charge in [-0.3, -0.25) is 4.79 Å². The van der Waals surface area contributed by atoms with E-state index in [1.807, 2.05) is 0 Å². The van der Waals surface area contributed by atoms with Gasteiger partial charge in [-0.05, 0) is 36.2 Å². The first kappa shape index (κ1) is 15.0. The minimum atomic E-state index is -4.70. The van der Waals surface area contributed by atoms with Crippen LogP contribution in [-0.2, 0) is 6.42 Å². The largest absolute Gasteiger partial charge is 0.573 e. The van der Waals surface area contributed by atoms with Crippen molar-refractivity contribution in [1.29, 1.82) is 0 Å². The second-order valence-electron chi connectivity index (χ2n) is 4.17. The summed E-state index contributed by atoms with van der Waals surface area (Å²) in [7, 11) is 0. The van der Waals surface area contributed by atoms with Crippen LogP contribution in [0.3, 0.4) is 0 Å². The standard InChI is InChI=1S/C14H12F3NO3/c15-14(16,17)21-11-5-3-10(4-6-11)7-8-18-13(19)12-2-1-9-20-12/h1-6,9H,7-8H2,(H,18,19). The van der Waals surface area contributed by atoms with Crippen molar-refractivity contribution in [3.05, 3.63) is 54.0 Å². The molecule has 0 unspecified atom stereocenters. The first-order valence-electron chi connectivity index (χ1n) is 6.10. The van der Waals surface area contributed by atoms with E-state index in [0.717, 1.165) is 5.56 Å². The van der Waals surface area contributed by atoms with Gasteiger partial charge in [0.15, 0.2) is 5.76 Å². The minimum Gasteiger partial charge on any atom is -0.459 e. The molecule has 0 aliphatic heterocycles. The number of hydrogen-bond acceptors (Lipinski definition) is 3. The monoisotopic (exact) mass is 299 g/mol. The Bertz CT molecular complexity index is 577. The van der Waals surface area contributed by atoms with Crippen LogP contribution in [0.1, 0.15) is 16.1 Å². The first-order chi connectivity index (χ1) is 9.94. The Morgan fingerprint density at radius 2 is 1.90 bits per heavy atom. The summed E-state index contributed by atoms with van der Waals surface area (Å²) >= 11 is 0. The summed E-state index contributed by atoms with van der Waals surface area (Å²) in [6.45, 7) is 0.346. The molecular weight excluding hydrogens is 287 g/mol. The van der Waals surface area contributed by atoms with Crippen molar-refractivity contribution in [3.8, 4) is 5.75 Å². The van der Waals surface area contributed by atoms with Crippen LogP contribution in [0, 0.1) is 0 Å². The topological polar surface area (TPSA) is 51.5 Å². The van der Waals surface area contributed by atoms with Gasteiger partial charge in [-0.25, -0.2) is 0 Å². The lowest BCUT2D eigenvalue weighted by Gasteiger charge is -2.09. The highest BCUT2D eigenvalue weighted by Gasteiger charge is 2.30. The Morgan fingerprint density at radius 1 is 1.19 bits per heavy atom. The van der Waals surface area contributed by atoms with Gasteiger partial charge in [0.25, 0.3) is 5.91 Å². The molecule has 0 fully saturated rings. The molecule has 2 rings (SSSR count). The summed E-state index contributed by atoms with van der Waals surface area (Å²) < 4.78 is 44.7. The number of rotatable bonds is 5. The van der Waals surface area contributed by atoms with E-state index in [1.165, 1.54) is 30.5 Å². The third-order valence-electron chi connectivity index (χ3n) is 2.60. The van der Waals surface area contributed by atoms with E-state index in [4.69, 9.17) is 4.42 Å². The van der Waals surface area contributed by atoms with Crippen molar-refractivity contribution in [2.24, 2.45) is 0 Å². The summed E-state index contributed by atoms with van der Waals surface area (Å²) in [6, 6.07) is 8.64. The quantitative estimate of drug-likeness (QED) is 0.922. The zero-order chi connectivity index (χ0) is 15.3.